The molecule has 28 heavy (non-hydrogen) atoms. The predicted molar refractivity (Wildman–Crippen MR) is 109 cm³/mol. The summed E-state index contributed by atoms with van der Waals surface area (Å²) in [5.41, 5.74) is 1.93. The Morgan fingerprint density at radius 2 is 2.11 bits per heavy atom. The van der Waals surface area contributed by atoms with Crippen LogP contribution in [0.2, 0.25) is 0 Å². The van der Waals surface area contributed by atoms with Crippen molar-refractivity contribution in [1.82, 2.24) is 15.5 Å². The Labute approximate surface area is 167 Å². The average Bonchev–Trinajstić information content (AvgIpc) is 3.06. The van der Waals surface area contributed by atoms with E-state index in [1.165, 1.54) is 11.1 Å². The van der Waals surface area contributed by atoms with E-state index in [0.717, 1.165) is 38.8 Å². The summed E-state index contributed by atoms with van der Waals surface area (Å²) < 4.78 is 0. The van der Waals surface area contributed by atoms with Gasteiger partial charge < -0.3 is 15.7 Å². The molecule has 6 nitrogen and oxygen atoms in total. The van der Waals surface area contributed by atoms with E-state index < -0.39 is 5.54 Å². The lowest BCUT2D eigenvalue weighted by molar-refractivity contribution is -0.134. The minimum Gasteiger partial charge on any atom is -0.396 e. The average molecular weight is 388 g/mol. The predicted octanol–water partition coefficient (Wildman–Crippen LogP) is 1.54. The van der Waals surface area contributed by atoms with Crippen LogP contribution in [0.1, 0.15) is 49.7 Å². The number of fused-ring (bicyclic) bond motifs is 1. The van der Waals surface area contributed by atoms with Gasteiger partial charge in [0.1, 0.15) is 5.54 Å². The fraction of sp³-hybridized carbons (Fsp3) is 0.636. The first-order valence-electron chi connectivity index (χ1n) is 10.5. The molecule has 0 unspecified atom stereocenters. The van der Waals surface area contributed by atoms with Crippen LogP contribution < -0.4 is 10.6 Å². The second-order valence-corrected chi connectivity index (χ2v) is 8.16. The van der Waals surface area contributed by atoms with Crippen LogP contribution in [-0.4, -0.2) is 59.6 Å². The molecule has 2 aliphatic heterocycles. The van der Waals surface area contributed by atoms with Crippen LogP contribution in [0.25, 0.3) is 0 Å². The lowest BCUT2D eigenvalue weighted by Gasteiger charge is -2.40. The van der Waals surface area contributed by atoms with Gasteiger partial charge in [-0.25, -0.2) is 0 Å². The van der Waals surface area contributed by atoms with Crippen LogP contribution in [0, 0.1) is 6.92 Å². The zero-order valence-electron chi connectivity index (χ0n) is 16.9. The van der Waals surface area contributed by atoms with Crippen LogP contribution in [-0.2, 0) is 16.0 Å². The van der Waals surface area contributed by atoms with Gasteiger partial charge in [0.25, 0.3) is 0 Å². The molecule has 0 aliphatic carbocycles. The molecule has 1 aromatic carbocycles. The molecular formula is C22H33N3O3. The van der Waals surface area contributed by atoms with E-state index >= 15 is 0 Å². The number of carbonyl (C=O) groups is 2. The molecule has 3 N–H and O–H groups in total. The Morgan fingerprint density at radius 1 is 1.29 bits per heavy atom. The van der Waals surface area contributed by atoms with Crippen molar-refractivity contribution in [2.75, 3.05) is 26.2 Å². The minimum atomic E-state index is -0.498. The van der Waals surface area contributed by atoms with Crippen molar-refractivity contribution >= 4 is 11.8 Å². The van der Waals surface area contributed by atoms with E-state index in [2.05, 4.69) is 34.6 Å². The maximum Gasteiger partial charge on any atom is 0.240 e. The molecule has 2 heterocycles. The zero-order chi connectivity index (χ0) is 20.0. The third-order valence-electron chi connectivity index (χ3n) is 6.19. The highest BCUT2D eigenvalue weighted by Gasteiger charge is 2.51. The lowest BCUT2D eigenvalue weighted by atomic mass is 9.84. The van der Waals surface area contributed by atoms with Gasteiger partial charge in [0.15, 0.2) is 0 Å². The molecule has 2 amide bonds. The van der Waals surface area contributed by atoms with Gasteiger partial charge in [0, 0.05) is 32.2 Å². The number of piperidine rings is 1. The Balaban J connectivity index is 1.56. The molecule has 0 spiro atoms. The topological polar surface area (TPSA) is 81.7 Å². The molecule has 0 bridgehead atoms. The fourth-order valence-electron chi connectivity index (χ4n) is 4.66. The molecule has 2 saturated heterocycles. The Morgan fingerprint density at radius 3 is 2.89 bits per heavy atom. The summed E-state index contributed by atoms with van der Waals surface area (Å²) in [5.74, 6) is 0.112. The number of amides is 2. The van der Waals surface area contributed by atoms with Gasteiger partial charge >= 0.3 is 0 Å². The monoisotopic (exact) mass is 387 g/mol. The third-order valence-corrected chi connectivity index (χ3v) is 6.19. The SMILES string of the molecule is Cc1ccccc1CCC(=O)N[C@@H]1CN2CCCC[C@]2(C(=O)NCCCO)C1. The zero-order valence-corrected chi connectivity index (χ0v) is 16.9. The highest BCUT2D eigenvalue weighted by Crippen LogP contribution is 2.38. The number of rotatable bonds is 8. The number of aliphatic hydroxyl groups is 1. The largest absolute Gasteiger partial charge is 0.396 e. The van der Waals surface area contributed by atoms with Crippen molar-refractivity contribution < 1.29 is 14.7 Å². The van der Waals surface area contributed by atoms with Crippen LogP contribution >= 0.6 is 0 Å². The molecule has 154 valence electrons. The summed E-state index contributed by atoms with van der Waals surface area (Å²) in [6.45, 7) is 4.29. The van der Waals surface area contributed by atoms with Gasteiger partial charge in [-0.2, -0.15) is 0 Å². The molecule has 6 heteroatoms. The van der Waals surface area contributed by atoms with E-state index in [9.17, 15) is 9.59 Å². The van der Waals surface area contributed by atoms with Crippen molar-refractivity contribution in [1.29, 1.82) is 0 Å². The summed E-state index contributed by atoms with van der Waals surface area (Å²) in [5, 5.41) is 15.1. The number of nitrogens with one attached hydrogen (secondary N) is 2. The van der Waals surface area contributed by atoms with Crippen molar-refractivity contribution in [3.8, 4) is 0 Å². The quantitative estimate of drug-likeness (QED) is 0.591. The highest BCUT2D eigenvalue weighted by molar-refractivity contribution is 5.87. The number of aliphatic hydroxyl groups excluding tert-OH is 1. The van der Waals surface area contributed by atoms with Gasteiger partial charge in [-0.3, -0.25) is 14.5 Å². The summed E-state index contributed by atoms with van der Waals surface area (Å²) in [4.78, 5) is 27.7. The number of aryl methyl sites for hydroxylation is 2. The molecular weight excluding hydrogens is 354 g/mol. The fourth-order valence-corrected chi connectivity index (χ4v) is 4.66. The number of hydrogen-bond donors (Lipinski definition) is 3. The maximum atomic E-state index is 12.9. The maximum absolute atomic E-state index is 12.9. The van der Waals surface area contributed by atoms with Crippen molar-refractivity contribution in [2.45, 2.75) is 63.5 Å². The first-order chi connectivity index (χ1) is 13.5. The summed E-state index contributed by atoms with van der Waals surface area (Å²) >= 11 is 0. The summed E-state index contributed by atoms with van der Waals surface area (Å²) in [6.07, 6.45) is 5.43. The van der Waals surface area contributed by atoms with E-state index in [1.54, 1.807) is 0 Å². The molecule has 0 saturated carbocycles. The highest BCUT2D eigenvalue weighted by atomic mass is 16.3. The van der Waals surface area contributed by atoms with Crippen LogP contribution in [0.4, 0.5) is 0 Å². The molecule has 0 aromatic heterocycles. The van der Waals surface area contributed by atoms with Gasteiger partial charge in [-0.05, 0) is 63.1 Å². The van der Waals surface area contributed by atoms with E-state index in [-0.39, 0.29) is 24.5 Å². The van der Waals surface area contributed by atoms with Crippen LogP contribution in [0.15, 0.2) is 24.3 Å². The molecule has 2 aliphatic rings. The number of benzene rings is 1. The first-order valence-corrected chi connectivity index (χ1v) is 10.5. The molecule has 2 atom stereocenters. The smallest absolute Gasteiger partial charge is 0.240 e. The second kappa shape index (κ2) is 9.52. The van der Waals surface area contributed by atoms with Crippen LogP contribution in [0.5, 0.6) is 0 Å². The number of nitrogens with zero attached hydrogens (tertiary/aromatic N) is 1. The van der Waals surface area contributed by atoms with Gasteiger partial charge in [-0.15, -0.1) is 0 Å². The lowest BCUT2D eigenvalue weighted by Crippen LogP contribution is -2.57. The van der Waals surface area contributed by atoms with Crippen LogP contribution in [0.3, 0.4) is 0 Å². The number of carbonyl (C=O) groups excluding carboxylic acids is 2. The Hall–Kier alpha value is -1.92. The number of hydrogen-bond acceptors (Lipinski definition) is 4. The molecule has 2 fully saturated rings. The normalized spacial score (nSPS) is 24.6. The third kappa shape index (κ3) is 4.73. The van der Waals surface area contributed by atoms with Crippen molar-refractivity contribution in [2.24, 2.45) is 0 Å². The standard InChI is InChI=1S/C22H33N3O3/c1-17-7-2-3-8-18(17)9-10-20(27)24-19-15-22(21(28)23-12-6-14-26)11-4-5-13-25(22)16-19/h2-3,7-8,19,26H,4-6,9-16H2,1H3,(H,23,28)(H,24,27)/t19-,22+/m0/s1. The Bertz CT molecular complexity index is 693. The minimum absolute atomic E-state index is 0.0195. The van der Waals surface area contributed by atoms with Gasteiger partial charge in [-0.1, -0.05) is 24.3 Å². The van der Waals surface area contributed by atoms with Gasteiger partial charge in [0.05, 0.1) is 0 Å². The molecule has 0 radical (unpaired) electrons. The molecule has 1 aromatic rings. The van der Waals surface area contributed by atoms with Crippen molar-refractivity contribution in [3.63, 3.8) is 0 Å². The first kappa shape index (κ1) is 20.8. The summed E-state index contributed by atoms with van der Waals surface area (Å²) in [7, 11) is 0. The van der Waals surface area contributed by atoms with E-state index in [1.807, 2.05) is 12.1 Å². The van der Waals surface area contributed by atoms with E-state index in [4.69, 9.17) is 5.11 Å². The second-order valence-electron chi connectivity index (χ2n) is 8.16. The van der Waals surface area contributed by atoms with Gasteiger partial charge in [0.2, 0.25) is 11.8 Å². The van der Waals surface area contributed by atoms with Crippen molar-refractivity contribution in [3.05, 3.63) is 35.4 Å². The molecule has 3 rings (SSSR count). The Kier molecular flexibility index (Phi) is 7.08. The van der Waals surface area contributed by atoms with E-state index in [0.29, 0.717) is 25.8 Å². The summed E-state index contributed by atoms with van der Waals surface area (Å²) in [6, 6.07) is 8.18.